The number of benzene rings is 2. The van der Waals surface area contributed by atoms with E-state index in [2.05, 4.69) is 10.3 Å². The molecule has 1 aliphatic rings. The summed E-state index contributed by atoms with van der Waals surface area (Å²) in [6.07, 6.45) is 0.0564. The lowest BCUT2D eigenvalue weighted by Gasteiger charge is -2.41. The van der Waals surface area contributed by atoms with Crippen molar-refractivity contribution >= 4 is 35.1 Å². The van der Waals surface area contributed by atoms with Crippen molar-refractivity contribution in [2.45, 2.75) is 58.0 Å². The lowest BCUT2D eigenvalue weighted by atomic mass is 9.90. The van der Waals surface area contributed by atoms with E-state index in [0.29, 0.717) is 11.7 Å². The van der Waals surface area contributed by atoms with Gasteiger partial charge in [-0.1, -0.05) is 78.7 Å². The van der Waals surface area contributed by atoms with Crippen LogP contribution in [0.25, 0.3) is 0 Å². The van der Waals surface area contributed by atoms with E-state index in [9.17, 15) is 14.7 Å². The Morgan fingerprint density at radius 2 is 1.66 bits per heavy atom. The first-order valence-electron chi connectivity index (χ1n) is 12.2. The van der Waals surface area contributed by atoms with Crippen molar-refractivity contribution in [3.05, 3.63) is 87.4 Å². The molecule has 11 heteroatoms. The summed E-state index contributed by atoms with van der Waals surface area (Å²) in [5.41, 5.74) is 3.43. The van der Waals surface area contributed by atoms with Crippen LogP contribution in [-0.4, -0.2) is 37.7 Å². The second kappa shape index (κ2) is 12.7. The number of halogens is 2. The fourth-order valence-electron chi connectivity index (χ4n) is 4.29. The fraction of sp³-hybridized carbons (Fsp3) is 0.370. The molecule has 0 spiro atoms. The molecule has 1 amide bonds. The largest absolute Gasteiger partial charge is 0.481 e. The van der Waals surface area contributed by atoms with Crippen LogP contribution in [0.5, 0.6) is 0 Å². The number of amides is 1. The van der Waals surface area contributed by atoms with Crippen LogP contribution in [-0.2, 0) is 38.8 Å². The van der Waals surface area contributed by atoms with Gasteiger partial charge in [0.2, 0.25) is 5.91 Å². The number of nitrogens with zero attached hydrogens (tertiary/aromatic N) is 2. The topological polar surface area (TPSA) is 123 Å². The first-order valence-corrected chi connectivity index (χ1v) is 12.9. The number of imidazole rings is 1. The van der Waals surface area contributed by atoms with E-state index in [1.807, 2.05) is 55.5 Å². The number of aliphatic hydroxyl groups is 1. The van der Waals surface area contributed by atoms with Crippen molar-refractivity contribution in [2.24, 2.45) is 5.92 Å². The second-order valence-electron chi connectivity index (χ2n) is 9.21. The first kappa shape index (κ1) is 28.1. The Balaban J connectivity index is 1.51. The predicted molar refractivity (Wildman–Crippen MR) is 140 cm³/mol. The summed E-state index contributed by atoms with van der Waals surface area (Å²) in [6.45, 7) is 2.71. The molecule has 38 heavy (non-hydrogen) atoms. The van der Waals surface area contributed by atoms with E-state index in [4.69, 9.17) is 37.8 Å². The van der Waals surface area contributed by atoms with Gasteiger partial charge >= 0.3 is 5.97 Å². The van der Waals surface area contributed by atoms with Gasteiger partial charge in [-0.3, -0.25) is 9.59 Å². The van der Waals surface area contributed by atoms with E-state index < -0.39 is 12.3 Å². The van der Waals surface area contributed by atoms with Gasteiger partial charge in [0, 0.05) is 24.4 Å². The minimum absolute atomic E-state index is 0.0397. The lowest BCUT2D eigenvalue weighted by molar-refractivity contribution is -0.276. The van der Waals surface area contributed by atoms with Gasteiger partial charge in [0.1, 0.15) is 5.15 Å². The maximum Gasteiger partial charge on any atom is 0.303 e. The highest BCUT2D eigenvalue weighted by Crippen LogP contribution is 2.42. The number of carbonyl (C=O) groups excluding carboxylic acids is 1. The monoisotopic (exact) mass is 561 g/mol. The molecule has 0 radical (unpaired) electrons. The van der Waals surface area contributed by atoms with Gasteiger partial charge < -0.3 is 29.6 Å². The molecule has 0 aliphatic carbocycles. The quantitative estimate of drug-likeness (QED) is 0.329. The molecule has 0 saturated carbocycles. The van der Waals surface area contributed by atoms with Crippen LogP contribution in [0, 0.1) is 5.92 Å². The number of aromatic nitrogens is 2. The van der Waals surface area contributed by atoms with Crippen LogP contribution in [0.4, 0.5) is 0 Å². The molecule has 1 saturated heterocycles. The molecule has 1 aliphatic heterocycles. The van der Waals surface area contributed by atoms with Crippen molar-refractivity contribution in [3.63, 3.8) is 0 Å². The number of rotatable bonds is 10. The molecule has 4 unspecified atom stereocenters. The average Bonchev–Trinajstić information content (AvgIpc) is 3.24. The van der Waals surface area contributed by atoms with Crippen LogP contribution in [0.1, 0.15) is 54.4 Å². The van der Waals surface area contributed by atoms with Gasteiger partial charge in [-0.05, 0) is 16.7 Å². The molecular weight excluding hydrogens is 533 g/mol. The summed E-state index contributed by atoms with van der Waals surface area (Å²) in [4.78, 5) is 26.5. The molecule has 1 fully saturated rings. The molecular formula is C27H29Cl2N3O6. The second-order valence-corrected chi connectivity index (χ2v) is 9.93. The number of hydrogen-bond acceptors (Lipinski definition) is 6. The minimum atomic E-state index is -1.01. The number of carboxylic acid groups (broad SMARTS) is 1. The standard InChI is InChI=1S/C27H29Cl2N3O6/c1-16-21(13-32-15-31-25(28)26(32)29)37-27(38-24(16)19-6-4-18(14-33)5-7-19)20-8-2-17(3-9-20)12-30-22(34)10-11-23(35)36/h2-9,15-16,21,24,27,33H,10-14H2,1H3,(H,30,34)(H,35,36). The zero-order valence-corrected chi connectivity index (χ0v) is 22.2. The van der Waals surface area contributed by atoms with E-state index in [1.54, 1.807) is 10.9 Å². The Hall–Kier alpha value is -2.95. The lowest BCUT2D eigenvalue weighted by Crippen LogP contribution is -2.39. The normalized spacial score (nSPS) is 21.3. The summed E-state index contributed by atoms with van der Waals surface area (Å²) in [7, 11) is 0. The molecule has 202 valence electrons. The highest BCUT2D eigenvalue weighted by Gasteiger charge is 2.38. The predicted octanol–water partition coefficient (Wildman–Crippen LogP) is 4.65. The molecule has 2 heterocycles. The van der Waals surface area contributed by atoms with Crippen LogP contribution < -0.4 is 5.32 Å². The van der Waals surface area contributed by atoms with E-state index >= 15 is 0 Å². The average molecular weight is 562 g/mol. The maximum absolute atomic E-state index is 11.8. The zero-order chi connectivity index (χ0) is 27.2. The maximum atomic E-state index is 11.8. The number of ether oxygens (including phenoxy) is 2. The molecule has 1 aromatic heterocycles. The van der Waals surface area contributed by atoms with Gasteiger partial charge in [-0.25, -0.2) is 4.98 Å². The van der Waals surface area contributed by atoms with Crippen molar-refractivity contribution in [1.29, 1.82) is 0 Å². The van der Waals surface area contributed by atoms with Gasteiger partial charge in [0.25, 0.3) is 0 Å². The molecule has 3 N–H and O–H groups in total. The molecule has 4 atom stereocenters. The highest BCUT2D eigenvalue weighted by molar-refractivity contribution is 6.40. The number of aliphatic carboxylic acids is 1. The first-order chi connectivity index (χ1) is 18.2. The Bertz CT molecular complexity index is 1250. The summed E-state index contributed by atoms with van der Waals surface area (Å²) in [6, 6.07) is 15.1. The molecule has 4 rings (SSSR count). The Morgan fingerprint density at radius 3 is 2.26 bits per heavy atom. The van der Waals surface area contributed by atoms with E-state index in [0.717, 1.165) is 22.3 Å². The minimum Gasteiger partial charge on any atom is -0.481 e. The third kappa shape index (κ3) is 6.92. The SMILES string of the molecule is CC1C(Cn2cnc(Cl)c2Cl)OC(c2ccc(CNC(=O)CCC(=O)O)cc2)OC1c1ccc(CO)cc1. The Kier molecular flexibility index (Phi) is 9.40. The number of carboxylic acids is 1. The molecule has 2 aromatic carbocycles. The summed E-state index contributed by atoms with van der Waals surface area (Å²) < 4.78 is 14.6. The van der Waals surface area contributed by atoms with Gasteiger partial charge in [-0.2, -0.15) is 0 Å². The van der Waals surface area contributed by atoms with Crippen LogP contribution in [0.2, 0.25) is 10.3 Å². The number of carbonyl (C=O) groups is 2. The summed E-state index contributed by atoms with van der Waals surface area (Å²) in [5.74, 6) is -1.38. The smallest absolute Gasteiger partial charge is 0.303 e. The highest BCUT2D eigenvalue weighted by atomic mass is 35.5. The van der Waals surface area contributed by atoms with Crippen molar-refractivity contribution in [2.75, 3.05) is 0 Å². The van der Waals surface area contributed by atoms with Crippen LogP contribution in [0.15, 0.2) is 54.9 Å². The number of aliphatic hydroxyl groups excluding tert-OH is 1. The molecule has 9 nitrogen and oxygen atoms in total. The Morgan fingerprint density at radius 1 is 1.00 bits per heavy atom. The number of hydrogen-bond donors (Lipinski definition) is 3. The Labute approximate surface area is 230 Å². The molecule has 0 bridgehead atoms. The van der Waals surface area contributed by atoms with E-state index in [-0.39, 0.29) is 55.2 Å². The van der Waals surface area contributed by atoms with E-state index in [1.165, 1.54) is 0 Å². The van der Waals surface area contributed by atoms with Gasteiger partial charge in [0.15, 0.2) is 11.4 Å². The van der Waals surface area contributed by atoms with Crippen molar-refractivity contribution < 1.29 is 29.3 Å². The van der Waals surface area contributed by atoms with Crippen molar-refractivity contribution in [3.8, 4) is 0 Å². The third-order valence-electron chi connectivity index (χ3n) is 6.54. The summed E-state index contributed by atoms with van der Waals surface area (Å²) in [5, 5.41) is 21.4. The van der Waals surface area contributed by atoms with Gasteiger partial charge in [-0.15, -0.1) is 0 Å². The van der Waals surface area contributed by atoms with Crippen LogP contribution in [0.3, 0.4) is 0 Å². The summed E-state index contributed by atoms with van der Waals surface area (Å²) >= 11 is 12.4. The zero-order valence-electron chi connectivity index (χ0n) is 20.7. The fourth-order valence-corrected chi connectivity index (χ4v) is 4.61. The molecule has 3 aromatic rings. The van der Waals surface area contributed by atoms with Crippen molar-refractivity contribution in [1.82, 2.24) is 14.9 Å². The number of nitrogens with one attached hydrogen (secondary N) is 1. The van der Waals surface area contributed by atoms with Crippen LogP contribution >= 0.6 is 23.2 Å². The third-order valence-corrected chi connectivity index (χ3v) is 7.31. The van der Waals surface area contributed by atoms with Gasteiger partial charge in [0.05, 0.1) is 38.1 Å².